The Morgan fingerprint density at radius 2 is 1.90 bits per heavy atom. The molecule has 10 heavy (non-hydrogen) atoms. The van der Waals surface area contributed by atoms with E-state index < -0.39 is 11.9 Å². The van der Waals surface area contributed by atoms with Crippen LogP contribution in [0.2, 0.25) is 0 Å². The van der Waals surface area contributed by atoms with Crippen molar-refractivity contribution in [2.24, 2.45) is 0 Å². The van der Waals surface area contributed by atoms with Crippen LogP contribution in [0, 0.1) is 0 Å². The maximum Gasteiger partial charge on any atom is 0.342 e. The van der Waals surface area contributed by atoms with Gasteiger partial charge in [0.25, 0.3) is 0 Å². The number of carbonyl (C=O) groups excluding carboxylic acids is 2. The number of ether oxygens (including phenoxy) is 1. The zero-order valence-corrected chi connectivity index (χ0v) is 5.93. The van der Waals surface area contributed by atoms with Gasteiger partial charge in [0.2, 0.25) is 0 Å². The lowest BCUT2D eigenvalue weighted by Crippen LogP contribution is -2.01. The standard InChI is InChI=1S/C7H8O3/c1-3-5-4(2)6(8)10-7(5)9/h3H2,1-2H3. The minimum absolute atomic E-state index is 0.451. The molecule has 3 nitrogen and oxygen atoms in total. The highest BCUT2D eigenvalue weighted by Crippen LogP contribution is 2.18. The van der Waals surface area contributed by atoms with Gasteiger partial charge in [0.05, 0.1) is 0 Å². The third-order valence-electron chi connectivity index (χ3n) is 1.54. The second-order valence-corrected chi connectivity index (χ2v) is 2.13. The van der Waals surface area contributed by atoms with Crippen LogP contribution in [0.1, 0.15) is 20.3 Å². The number of hydrogen-bond acceptors (Lipinski definition) is 3. The first-order chi connectivity index (χ1) is 4.66. The maximum atomic E-state index is 10.7. The van der Waals surface area contributed by atoms with Gasteiger partial charge in [0.15, 0.2) is 0 Å². The molecule has 0 aromatic carbocycles. The minimum Gasteiger partial charge on any atom is -0.386 e. The SMILES string of the molecule is CCC1=C(C)C(=O)OC1=O. The van der Waals surface area contributed by atoms with Crippen LogP contribution < -0.4 is 0 Å². The molecule has 0 saturated carbocycles. The maximum absolute atomic E-state index is 10.7. The van der Waals surface area contributed by atoms with Gasteiger partial charge in [-0.1, -0.05) is 6.92 Å². The summed E-state index contributed by atoms with van der Waals surface area (Å²) in [7, 11) is 0. The molecule has 0 N–H and O–H groups in total. The van der Waals surface area contributed by atoms with Gasteiger partial charge < -0.3 is 4.74 Å². The van der Waals surface area contributed by atoms with Gasteiger partial charge in [-0.2, -0.15) is 0 Å². The van der Waals surface area contributed by atoms with E-state index in [0.717, 1.165) is 0 Å². The summed E-state index contributed by atoms with van der Waals surface area (Å²) < 4.78 is 4.33. The van der Waals surface area contributed by atoms with Crippen LogP contribution in [0.5, 0.6) is 0 Å². The predicted octanol–water partition coefficient (Wildman–Crippen LogP) is 0.796. The van der Waals surface area contributed by atoms with E-state index in [4.69, 9.17) is 0 Å². The number of carbonyl (C=O) groups is 2. The van der Waals surface area contributed by atoms with Crippen molar-refractivity contribution < 1.29 is 14.3 Å². The molecule has 1 rings (SSSR count). The second-order valence-electron chi connectivity index (χ2n) is 2.13. The summed E-state index contributed by atoms with van der Waals surface area (Å²) in [6.07, 6.45) is 0.566. The van der Waals surface area contributed by atoms with Gasteiger partial charge in [-0.3, -0.25) is 0 Å². The van der Waals surface area contributed by atoms with Crippen LogP contribution in [-0.4, -0.2) is 11.9 Å². The Hall–Kier alpha value is -1.12. The van der Waals surface area contributed by atoms with Crippen molar-refractivity contribution in [3.05, 3.63) is 11.1 Å². The van der Waals surface area contributed by atoms with Crippen LogP contribution in [0.3, 0.4) is 0 Å². The zero-order chi connectivity index (χ0) is 7.72. The molecular weight excluding hydrogens is 132 g/mol. The van der Waals surface area contributed by atoms with Crippen molar-refractivity contribution in [1.29, 1.82) is 0 Å². The van der Waals surface area contributed by atoms with Crippen molar-refractivity contribution in [2.75, 3.05) is 0 Å². The fourth-order valence-corrected chi connectivity index (χ4v) is 0.908. The number of esters is 2. The van der Waals surface area contributed by atoms with Crippen LogP contribution in [0.25, 0.3) is 0 Å². The number of cyclic esters (lactones) is 2. The average Bonchev–Trinajstić information content (AvgIpc) is 2.09. The van der Waals surface area contributed by atoms with Crippen molar-refractivity contribution in [1.82, 2.24) is 0 Å². The number of hydrogen-bond donors (Lipinski definition) is 0. The van der Waals surface area contributed by atoms with Gasteiger partial charge in [-0.05, 0) is 13.3 Å². The monoisotopic (exact) mass is 140 g/mol. The molecule has 0 spiro atoms. The highest BCUT2D eigenvalue weighted by Gasteiger charge is 2.27. The summed E-state index contributed by atoms with van der Waals surface area (Å²) in [6.45, 7) is 3.42. The molecule has 0 amide bonds. The Morgan fingerprint density at radius 1 is 1.30 bits per heavy atom. The largest absolute Gasteiger partial charge is 0.386 e. The predicted molar refractivity (Wildman–Crippen MR) is 34.1 cm³/mol. The molecule has 1 heterocycles. The summed E-state index contributed by atoms with van der Waals surface area (Å²) in [5.41, 5.74) is 0.956. The van der Waals surface area contributed by atoms with Crippen LogP contribution >= 0.6 is 0 Å². The summed E-state index contributed by atoms with van der Waals surface area (Å²) in [4.78, 5) is 21.4. The second kappa shape index (κ2) is 2.25. The lowest BCUT2D eigenvalue weighted by atomic mass is 10.1. The summed E-state index contributed by atoms with van der Waals surface area (Å²) in [6, 6.07) is 0. The molecule has 0 bridgehead atoms. The molecule has 54 valence electrons. The zero-order valence-electron chi connectivity index (χ0n) is 5.93. The molecule has 0 aliphatic carbocycles. The van der Waals surface area contributed by atoms with Crippen LogP contribution in [-0.2, 0) is 14.3 Å². The smallest absolute Gasteiger partial charge is 0.342 e. The molecule has 0 aromatic heterocycles. The first-order valence-corrected chi connectivity index (χ1v) is 3.13. The molecule has 1 aliphatic rings. The summed E-state index contributed by atoms with van der Waals surface area (Å²) in [5.74, 6) is -0.980. The fourth-order valence-electron chi connectivity index (χ4n) is 0.908. The molecular formula is C7H8O3. The van der Waals surface area contributed by atoms with Crippen molar-refractivity contribution in [2.45, 2.75) is 20.3 Å². The Kier molecular flexibility index (Phi) is 1.57. The van der Waals surface area contributed by atoms with Gasteiger partial charge in [-0.15, -0.1) is 0 Å². The molecule has 0 atom stereocenters. The Bertz CT molecular complexity index is 225. The van der Waals surface area contributed by atoms with Gasteiger partial charge >= 0.3 is 11.9 Å². The van der Waals surface area contributed by atoms with Crippen LogP contribution in [0.15, 0.2) is 11.1 Å². The lowest BCUT2D eigenvalue weighted by molar-refractivity contribution is -0.151. The molecule has 0 radical (unpaired) electrons. The average molecular weight is 140 g/mol. The molecule has 1 aliphatic heterocycles. The van der Waals surface area contributed by atoms with E-state index in [2.05, 4.69) is 4.74 Å². The van der Waals surface area contributed by atoms with Gasteiger partial charge in [0, 0.05) is 11.1 Å². The van der Waals surface area contributed by atoms with Crippen molar-refractivity contribution in [3.8, 4) is 0 Å². The van der Waals surface area contributed by atoms with Gasteiger partial charge in [0.1, 0.15) is 0 Å². The fraction of sp³-hybridized carbons (Fsp3) is 0.429. The van der Waals surface area contributed by atoms with E-state index in [1.54, 1.807) is 6.92 Å². The highest BCUT2D eigenvalue weighted by molar-refractivity contribution is 6.11. The normalized spacial score (nSPS) is 18.2. The van der Waals surface area contributed by atoms with E-state index in [1.807, 2.05) is 6.92 Å². The van der Waals surface area contributed by atoms with E-state index in [0.29, 0.717) is 17.6 Å². The third kappa shape index (κ3) is 0.835. The molecule has 0 aromatic rings. The molecule has 3 heteroatoms. The highest BCUT2D eigenvalue weighted by atomic mass is 16.6. The van der Waals surface area contributed by atoms with Gasteiger partial charge in [-0.25, -0.2) is 9.59 Å². The quantitative estimate of drug-likeness (QED) is 0.399. The Labute approximate surface area is 58.7 Å². The summed E-state index contributed by atoms with van der Waals surface area (Å²) in [5, 5.41) is 0. The third-order valence-corrected chi connectivity index (χ3v) is 1.54. The Balaban J connectivity index is 3.01. The van der Waals surface area contributed by atoms with E-state index in [9.17, 15) is 9.59 Å². The first-order valence-electron chi connectivity index (χ1n) is 3.13. The van der Waals surface area contributed by atoms with E-state index in [1.165, 1.54) is 0 Å². The van der Waals surface area contributed by atoms with E-state index in [-0.39, 0.29) is 0 Å². The minimum atomic E-state index is -0.498. The first kappa shape index (κ1) is 6.99. The van der Waals surface area contributed by atoms with E-state index >= 15 is 0 Å². The molecule has 0 unspecified atom stereocenters. The van der Waals surface area contributed by atoms with Crippen molar-refractivity contribution in [3.63, 3.8) is 0 Å². The van der Waals surface area contributed by atoms with Crippen LogP contribution in [0.4, 0.5) is 0 Å². The summed E-state index contributed by atoms with van der Waals surface area (Å²) >= 11 is 0. The molecule has 0 fully saturated rings. The number of rotatable bonds is 1. The lowest BCUT2D eigenvalue weighted by Gasteiger charge is -1.88. The topological polar surface area (TPSA) is 43.4 Å². The van der Waals surface area contributed by atoms with Crippen molar-refractivity contribution >= 4 is 11.9 Å². The molecule has 0 saturated heterocycles. The Morgan fingerprint density at radius 3 is 2.10 bits per heavy atom.